The van der Waals surface area contributed by atoms with Gasteiger partial charge in [-0.3, -0.25) is 0 Å². The molecule has 0 aromatic heterocycles. The predicted octanol–water partition coefficient (Wildman–Crippen LogP) is 1.06. The predicted molar refractivity (Wildman–Crippen MR) is 57.1 cm³/mol. The first-order chi connectivity index (χ1) is 7.16. The number of nitrogen functional groups attached to an aromatic ring is 1. The molecule has 82 valence electrons. The number of aliphatic hydroxyl groups excluding tert-OH is 1. The molecule has 2 atom stereocenters. The molecule has 0 radical (unpaired) electrons. The smallest absolute Gasteiger partial charge is 0.150 e. The van der Waals surface area contributed by atoms with E-state index in [1.54, 1.807) is 18.2 Å². The Morgan fingerprint density at radius 1 is 1.47 bits per heavy atom. The highest BCUT2D eigenvalue weighted by Crippen LogP contribution is 2.27. The lowest BCUT2D eigenvalue weighted by Gasteiger charge is -2.16. The zero-order chi connectivity index (χ0) is 10.8. The van der Waals surface area contributed by atoms with Crippen LogP contribution >= 0.6 is 11.6 Å². The summed E-state index contributed by atoms with van der Waals surface area (Å²) in [6, 6.07) is 4.98. The van der Waals surface area contributed by atoms with Gasteiger partial charge in [-0.1, -0.05) is 11.6 Å². The van der Waals surface area contributed by atoms with Crippen LogP contribution in [-0.2, 0) is 4.74 Å². The van der Waals surface area contributed by atoms with Crippen LogP contribution in [0.25, 0.3) is 0 Å². The third-order valence-corrected chi connectivity index (χ3v) is 2.49. The molecule has 1 aromatic carbocycles. The Labute approximate surface area is 92.5 Å². The maximum Gasteiger partial charge on any atom is 0.150 e. The molecule has 0 bridgehead atoms. The average molecular weight is 230 g/mol. The minimum Gasteiger partial charge on any atom is -0.483 e. The van der Waals surface area contributed by atoms with Gasteiger partial charge < -0.3 is 20.3 Å². The van der Waals surface area contributed by atoms with Gasteiger partial charge in [0.25, 0.3) is 0 Å². The van der Waals surface area contributed by atoms with Crippen LogP contribution in [0.4, 0.5) is 5.69 Å². The van der Waals surface area contributed by atoms with Crippen LogP contribution in [-0.4, -0.2) is 30.5 Å². The molecule has 0 aliphatic carbocycles. The molecule has 3 N–H and O–H groups in total. The van der Waals surface area contributed by atoms with E-state index in [-0.39, 0.29) is 6.10 Å². The molecule has 1 saturated heterocycles. The van der Waals surface area contributed by atoms with E-state index in [0.717, 1.165) is 0 Å². The van der Waals surface area contributed by atoms with E-state index >= 15 is 0 Å². The zero-order valence-electron chi connectivity index (χ0n) is 8.02. The van der Waals surface area contributed by atoms with Gasteiger partial charge in [0, 0.05) is 11.1 Å². The van der Waals surface area contributed by atoms with Gasteiger partial charge in [0.05, 0.1) is 18.9 Å². The van der Waals surface area contributed by atoms with E-state index in [4.69, 9.17) is 26.8 Å². The average Bonchev–Trinajstić information content (AvgIpc) is 2.58. The second kappa shape index (κ2) is 4.26. The fourth-order valence-electron chi connectivity index (χ4n) is 1.41. The summed E-state index contributed by atoms with van der Waals surface area (Å²) in [4.78, 5) is 0. The number of rotatable bonds is 2. The highest BCUT2D eigenvalue weighted by atomic mass is 35.5. The summed E-state index contributed by atoms with van der Waals surface area (Å²) in [5.41, 5.74) is 6.21. The minimum absolute atomic E-state index is 0.297. The summed E-state index contributed by atoms with van der Waals surface area (Å²) in [6.07, 6.45) is -0.978. The number of ether oxygens (including phenoxy) is 2. The van der Waals surface area contributed by atoms with Gasteiger partial charge in [0.1, 0.15) is 11.9 Å². The molecule has 1 aromatic rings. The number of nitrogens with two attached hydrogens (primary N) is 1. The van der Waals surface area contributed by atoms with E-state index in [2.05, 4.69) is 0 Å². The molecule has 5 heteroatoms. The van der Waals surface area contributed by atoms with Crippen molar-refractivity contribution in [1.29, 1.82) is 0 Å². The number of hydrogen-bond acceptors (Lipinski definition) is 4. The van der Waals surface area contributed by atoms with E-state index in [1.165, 1.54) is 0 Å². The molecule has 1 aliphatic rings. The maximum atomic E-state index is 9.49. The topological polar surface area (TPSA) is 64.7 Å². The monoisotopic (exact) mass is 229 g/mol. The second-order valence-electron chi connectivity index (χ2n) is 3.44. The van der Waals surface area contributed by atoms with Crippen molar-refractivity contribution >= 4 is 17.3 Å². The Bertz CT molecular complexity index is 359. The largest absolute Gasteiger partial charge is 0.483 e. The number of anilines is 1. The van der Waals surface area contributed by atoms with Crippen molar-refractivity contribution in [1.82, 2.24) is 0 Å². The normalized spacial score (nSPS) is 25.5. The molecule has 1 aliphatic heterocycles. The van der Waals surface area contributed by atoms with Gasteiger partial charge in [-0.15, -0.1) is 0 Å². The number of aliphatic hydroxyl groups is 1. The van der Waals surface area contributed by atoms with E-state index in [9.17, 15) is 5.11 Å². The lowest BCUT2D eigenvalue weighted by Crippen LogP contribution is -2.29. The molecule has 0 amide bonds. The van der Waals surface area contributed by atoms with Gasteiger partial charge in [0.2, 0.25) is 0 Å². The second-order valence-corrected chi connectivity index (χ2v) is 3.88. The first-order valence-corrected chi connectivity index (χ1v) is 5.02. The van der Waals surface area contributed by atoms with E-state index in [0.29, 0.717) is 29.7 Å². The van der Waals surface area contributed by atoms with Crippen molar-refractivity contribution < 1.29 is 14.6 Å². The summed E-state index contributed by atoms with van der Waals surface area (Å²) in [5.74, 6) is 0.483. The Morgan fingerprint density at radius 3 is 2.93 bits per heavy atom. The Kier molecular flexibility index (Phi) is 3.00. The SMILES string of the molecule is Nc1ccc(Cl)cc1OC1COCC1O. The summed E-state index contributed by atoms with van der Waals surface area (Å²) >= 11 is 5.81. The summed E-state index contributed by atoms with van der Waals surface area (Å²) < 4.78 is 10.6. The molecular weight excluding hydrogens is 218 g/mol. The molecule has 2 rings (SSSR count). The number of benzene rings is 1. The van der Waals surface area contributed by atoms with Gasteiger partial charge in [-0.2, -0.15) is 0 Å². The number of halogens is 1. The highest BCUT2D eigenvalue weighted by molar-refractivity contribution is 6.30. The number of hydrogen-bond donors (Lipinski definition) is 2. The Balaban J connectivity index is 2.12. The van der Waals surface area contributed by atoms with Crippen molar-refractivity contribution in [2.75, 3.05) is 18.9 Å². The molecule has 0 spiro atoms. The van der Waals surface area contributed by atoms with Crippen molar-refractivity contribution in [3.63, 3.8) is 0 Å². The van der Waals surface area contributed by atoms with Crippen LogP contribution in [0.1, 0.15) is 0 Å². The van der Waals surface area contributed by atoms with Crippen LogP contribution in [0.15, 0.2) is 18.2 Å². The third kappa shape index (κ3) is 2.34. The third-order valence-electron chi connectivity index (χ3n) is 2.25. The van der Waals surface area contributed by atoms with Crippen LogP contribution in [0.3, 0.4) is 0 Å². The lowest BCUT2D eigenvalue weighted by atomic mass is 10.2. The summed E-state index contributed by atoms with van der Waals surface area (Å²) in [6.45, 7) is 0.665. The molecule has 4 nitrogen and oxygen atoms in total. The Morgan fingerprint density at radius 2 is 2.27 bits per heavy atom. The fourth-order valence-corrected chi connectivity index (χ4v) is 1.57. The first-order valence-electron chi connectivity index (χ1n) is 4.64. The van der Waals surface area contributed by atoms with Gasteiger partial charge in [-0.25, -0.2) is 0 Å². The van der Waals surface area contributed by atoms with Gasteiger partial charge in [-0.05, 0) is 12.1 Å². The van der Waals surface area contributed by atoms with Crippen LogP contribution in [0.2, 0.25) is 5.02 Å². The summed E-state index contributed by atoms with van der Waals surface area (Å²) in [5, 5.41) is 10.0. The molecule has 1 heterocycles. The van der Waals surface area contributed by atoms with Gasteiger partial charge >= 0.3 is 0 Å². The van der Waals surface area contributed by atoms with Crippen LogP contribution in [0.5, 0.6) is 5.75 Å². The van der Waals surface area contributed by atoms with Crippen molar-refractivity contribution in [2.45, 2.75) is 12.2 Å². The van der Waals surface area contributed by atoms with E-state index < -0.39 is 6.10 Å². The quantitative estimate of drug-likeness (QED) is 0.745. The Hall–Kier alpha value is -0.970. The highest BCUT2D eigenvalue weighted by Gasteiger charge is 2.28. The lowest BCUT2D eigenvalue weighted by molar-refractivity contribution is 0.0738. The zero-order valence-corrected chi connectivity index (χ0v) is 8.78. The van der Waals surface area contributed by atoms with Crippen LogP contribution in [0, 0.1) is 0 Å². The van der Waals surface area contributed by atoms with Crippen molar-refractivity contribution in [2.24, 2.45) is 0 Å². The minimum atomic E-state index is -0.608. The van der Waals surface area contributed by atoms with Crippen molar-refractivity contribution in [3.8, 4) is 5.75 Å². The molecule has 15 heavy (non-hydrogen) atoms. The maximum absolute atomic E-state index is 9.49. The molecule has 2 unspecified atom stereocenters. The molecular formula is C10H12ClNO3. The first kappa shape index (κ1) is 10.5. The molecule has 0 saturated carbocycles. The fraction of sp³-hybridized carbons (Fsp3) is 0.400. The van der Waals surface area contributed by atoms with Gasteiger partial charge in [0.15, 0.2) is 6.10 Å². The molecule has 1 fully saturated rings. The van der Waals surface area contributed by atoms with Crippen LogP contribution < -0.4 is 10.5 Å². The standard InChI is InChI=1S/C10H12ClNO3/c11-6-1-2-7(12)9(3-6)15-10-5-14-4-8(10)13/h1-3,8,10,13H,4-5,12H2. The van der Waals surface area contributed by atoms with E-state index in [1.807, 2.05) is 0 Å². The summed E-state index contributed by atoms with van der Waals surface area (Å²) in [7, 11) is 0. The van der Waals surface area contributed by atoms with Crippen molar-refractivity contribution in [3.05, 3.63) is 23.2 Å².